The second-order valence-corrected chi connectivity index (χ2v) is 6.58. The zero-order valence-electron chi connectivity index (χ0n) is 11.5. The first kappa shape index (κ1) is 15.4. The summed E-state index contributed by atoms with van der Waals surface area (Å²) >= 11 is 6.15. The number of terminal acetylenes is 1. The van der Waals surface area contributed by atoms with Crippen molar-refractivity contribution < 1.29 is 8.42 Å². The standard InChI is InChI=1S/C15H13ClN2O2S/c1-4-18(15-12(3)14(16)11(2)10-17-15)21(19,20)13-8-6-5-7-9-13/h1,5-10H,2-3H3. The van der Waals surface area contributed by atoms with Gasteiger partial charge in [-0.15, -0.1) is 0 Å². The molecule has 0 saturated heterocycles. The first-order valence-corrected chi connectivity index (χ1v) is 7.89. The van der Waals surface area contributed by atoms with E-state index in [4.69, 9.17) is 18.0 Å². The quantitative estimate of drug-likeness (QED) is 0.645. The van der Waals surface area contributed by atoms with Gasteiger partial charge in [0.15, 0.2) is 5.82 Å². The monoisotopic (exact) mass is 320 g/mol. The summed E-state index contributed by atoms with van der Waals surface area (Å²) in [6, 6.07) is 10.1. The Kier molecular flexibility index (Phi) is 4.21. The summed E-state index contributed by atoms with van der Waals surface area (Å²) < 4.78 is 26.0. The van der Waals surface area contributed by atoms with E-state index in [0.29, 0.717) is 10.6 Å². The van der Waals surface area contributed by atoms with Gasteiger partial charge in [-0.1, -0.05) is 36.2 Å². The zero-order valence-corrected chi connectivity index (χ0v) is 13.1. The molecule has 0 aliphatic carbocycles. The number of aryl methyl sites for hydroxylation is 1. The van der Waals surface area contributed by atoms with Crippen molar-refractivity contribution in [2.75, 3.05) is 4.31 Å². The van der Waals surface area contributed by atoms with Crippen molar-refractivity contribution in [2.45, 2.75) is 18.7 Å². The van der Waals surface area contributed by atoms with Crippen molar-refractivity contribution in [1.29, 1.82) is 0 Å². The van der Waals surface area contributed by atoms with E-state index in [1.165, 1.54) is 18.3 Å². The van der Waals surface area contributed by atoms with Crippen molar-refractivity contribution in [3.05, 3.63) is 52.7 Å². The van der Waals surface area contributed by atoms with Crippen molar-refractivity contribution in [3.63, 3.8) is 0 Å². The molecular weight excluding hydrogens is 308 g/mol. The van der Waals surface area contributed by atoms with Crippen LogP contribution in [0.5, 0.6) is 0 Å². The number of hydrogen-bond donors (Lipinski definition) is 0. The molecule has 6 heteroatoms. The lowest BCUT2D eigenvalue weighted by atomic mass is 10.2. The SMILES string of the molecule is C#CN(c1ncc(C)c(Cl)c1C)S(=O)(=O)c1ccccc1. The van der Waals surface area contributed by atoms with E-state index in [-0.39, 0.29) is 10.7 Å². The highest BCUT2D eigenvalue weighted by atomic mass is 35.5. The summed E-state index contributed by atoms with van der Waals surface area (Å²) in [6.07, 6.45) is 6.89. The third-order valence-corrected chi connectivity index (χ3v) is 5.19. The van der Waals surface area contributed by atoms with Gasteiger partial charge in [-0.25, -0.2) is 13.4 Å². The van der Waals surface area contributed by atoms with Crippen molar-refractivity contribution in [1.82, 2.24) is 4.98 Å². The Morgan fingerprint density at radius 2 is 1.86 bits per heavy atom. The number of sulfonamides is 1. The number of aromatic nitrogens is 1. The van der Waals surface area contributed by atoms with Crippen LogP contribution in [-0.4, -0.2) is 13.4 Å². The lowest BCUT2D eigenvalue weighted by Gasteiger charge is -2.19. The van der Waals surface area contributed by atoms with Crippen molar-refractivity contribution in [3.8, 4) is 12.5 Å². The molecule has 0 N–H and O–H groups in total. The van der Waals surface area contributed by atoms with Crippen LogP contribution in [-0.2, 0) is 10.0 Å². The molecular formula is C15H13ClN2O2S. The summed E-state index contributed by atoms with van der Waals surface area (Å²) in [7, 11) is -3.88. The summed E-state index contributed by atoms with van der Waals surface area (Å²) in [5.41, 5.74) is 1.28. The smallest absolute Gasteiger partial charge is 0.237 e. The van der Waals surface area contributed by atoms with Crippen LogP contribution in [0, 0.1) is 26.3 Å². The van der Waals surface area contributed by atoms with Gasteiger partial charge >= 0.3 is 0 Å². The van der Waals surface area contributed by atoms with Crippen LogP contribution in [0.15, 0.2) is 41.4 Å². The third-order valence-electron chi connectivity index (χ3n) is 2.98. The second kappa shape index (κ2) is 5.76. The van der Waals surface area contributed by atoms with E-state index in [2.05, 4.69) is 11.0 Å². The Balaban J connectivity index is 2.62. The molecule has 1 heterocycles. The fourth-order valence-electron chi connectivity index (χ4n) is 1.85. The average Bonchev–Trinajstić information content (AvgIpc) is 2.48. The van der Waals surface area contributed by atoms with Crippen LogP contribution in [0.25, 0.3) is 0 Å². The summed E-state index contributed by atoms with van der Waals surface area (Å²) in [5, 5.41) is 0.448. The van der Waals surface area contributed by atoms with Gasteiger partial charge in [-0.05, 0) is 31.5 Å². The van der Waals surface area contributed by atoms with Gasteiger partial charge in [-0.2, -0.15) is 4.31 Å². The summed E-state index contributed by atoms with van der Waals surface area (Å²) in [5.74, 6) is 0.136. The maximum atomic E-state index is 12.6. The van der Waals surface area contributed by atoms with Gasteiger partial charge in [0.05, 0.1) is 9.92 Å². The summed E-state index contributed by atoms with van der Waals surface area (Å²) in [4.78, 5) is 4.22. The minimum atomic E-state index is -3.88. The fraction of sp³-hybridized carbons (Fsp3) is 0.133. The van der Waals surface area contributed by atoms with E-state index in [9.17, 15) is 8.42 Å². The van der Waals surface area contributed by atoms with Gasteiger partial charge in [0, 0.05) is 17.8 Å². The molecule has 4 nitrogen and oxygen atoms in total. The van der Waals surface area contributed by atoms with Crippen LogP contribution >= 0.6 is 11.6 Å². The van der Waals surface area contributed by atoms with Gasteiger partial charge in [0.25, 0.3) is 10.0 Å². The van der Waals surface area contributed by atoms with Gasteiger partial charge in [0.1, 0.15) is 0 Å². The van der Waals surface area contributed by atoms with Crippen molar-refractivity contribution >= 4 is 27.4 Å². The molecule has 1 aromatic heterocycles. The molecule has 0 spiro atoms. The van der Waals surface area contributed by atoms with E-state index in [0.717, 1.165) is 9.87 Å². The fourth-order valence-corrected chi connectivity index (χ4v) is 3.25. The zero-order chi connectivity index (χ0) is 15.6. The second-order valence-electron chi connectivity index (χ2n) is 4.42. The summed E-state index contributed by atoms with van der Waals surface area (Å²) in [6.45, 7) is 3.47. The van der Waals surface area contributed by atoms with E-state index >= 15 is 0 Å². The lowest BCUT2D eigenvalue weighted by molar-refractivity contribution is 0.596. The van der Waals surface area contributed by atoms with Crippen molar-refractivity contribution in [2.24, 2.45) is 0 Å². The Labute approximate surface area is 129 Å². The molecule has 0 aliphatic heterocycles. The Morgan fingerprint density at radius 3 is 2.43 bits per heavy atom. The van der Waals surface area contributed by atoms with Gasteiger partial charge in [-0.3, -0.25) is 0 Å². The first-order valence-electron chi connectivity index (χ1n) is 6.08. The normalized spacial score (nSPS) is 11.0. The number of benzene rings is 1. The number of nitrogens with zero attached hydrogens (tertiary/aromatic N) is 2. The number of rotatable bonds is 3. The Hall–Kier alpha value is -2.03. The van der Waals surface area contributed by atoms with Crippen LogP contribution < -0.4 is 4.31 Å². The molecule has 0 fully saturated rings. The van der Waals surface area contributed by atoms with E-state index in [1.807, 2.05) is 0 Å². The van der Waals surface area contributed by atoms with E-state index in [1.54, 1.807) is 32.0 Å². The Bertz CT molecular complexity index is 812. The molecule has 0 radical (unpaired) electrons. The van der Waals surface area contributed by atoms with Gasteiger partial charge in [0.2, 0.25) is 0 Å². The molecule has 1 aromatic carbocycles. The highest BCUT2D eigenvalue weighted by Gasteiger charge is 2.26. The predicted molar refractivity (Wildman–Crippen MR) is 83.7 cm³/mol. The minimum Gasteiger partial charge on any atom is -0.237 e. The number of hydrogen-bond acceptors (Lipinski definition) is 3. The lowest BCUT2D eigenvalue weighted by Crippen LogP contribution is -2.27. The highest BCUT2D eigenvalue weighted by molar-refractivity contribution is 7.93. The molecule has 0 unspecified atom stereocenters. The molecule has 0 amide bonds. The molecule has 0 saturated carbocycles. The first-order chi connectivity index (χ1) is 9.89. The van der Waals surface area contributed by atoms with Crippen LogP contribution in [0.4, 0.5) is 5.82 Å². The number of pyridine rings is 1. The van der Waals surface area contributed by atoms with Crippen LogP contribution in [0.2, 0.25) is 5.02 Å². The third kappa shape index (κ3) is 2.73. The average molecular weight is 321 g/mol. The molecule has 0 atom stereocenters. The van der Waals surface area contributed by atoms with E-state index < -0.39 is 10.0 Å². The molecule has 108 valence electrons. The largest absolute Gasteiger partial charge is 0.276 e. The maximum absolute atomic E-state index is 12.6. The minimum absolute atomic E-state index is 0.0980. The molecule has 2 rings (SSSR count). The molecule has 0 bridgehead atoms. The topological polar surface area (TPSA) is 50.3 Å². The van der Waals surface area contributed by atoms with Crippen LogP contribution in [0.3, 0.4) is 0 Å². The molecule has 2 aromatic rings. The van der Waals surface area contributed by atoms with Crippen LogP contribution in [0.1, 0.15) is 11.1 Å². The Morgan fingerprint density at radius 1 is 1.24 bits per heavy atom. The highest BCUT2D eigenvalue weighted by Crippen LogP contribution is 2.30. The van der Waals surface area contributed by atoms with Gasteiger partial charge < -0.3 is 0 Å². The molecule has 0 aliphatic rings. The molecule has 21 heavy (non-hydrogen) atoms. The predicted octanol–water partition coefficient (Wildman–Crippen LogP) is 3.14. The number of anilines is 1. The number of halogens is 1. The maximum Gasteiger partial charge on any atom is 0.276 e.